The number of nitrogens with one attached hydrogen (secondary N) is 1. The van der Waals surface area contributed by atoms with E-state index in [2.05, 4.69) is 25.2 Å². The molecule has 0 aromatic carbocycles. The Labute approximate surface area is 116 Å². The maximum absolute atomic E-state index is 11.8. The van der Waals surface area contributed by atoms with E-state index in [0.717, 1.165) is 30.9 Å². The Morgan fingerprint density at radius 2 is 2.21 bits per heavy atom. The van der Waals surface area contributed by atoms with Crippen LogP contribution >= 0.6 is 0 Å². The van der Waals surface area contributed by atoms with E-state index in [1.807, 2.05) is 0 Å². The van der Waals surface area contributed by atoms with Crippen molar-refractivity contribution in [2.24, 2.45) is 17.6 Å². The third-order valence-corrected chi connectivity index (χ3v) is 4.39. The molecular formula is C16H26N2O. The Bertz CT molecular complexity index is 409. The van der Waals surface area contributed by atoms with Crippen molar-refractivity contribution in [3.63, 3.8) is 0 Å². The zero-order valence-corrected chi connectivity index (χ0v) is 12.2. The van der Waals surface area contributed by atoms with Crippen LogP contribution in [0.25, 0.3) is 0 Å². The lowest BCUT2D eigenvalue weighted by atomic mass is 9.85. The van der Waals surface area contributed by atoms with E-state index in [-0.39, 0.29) is 5.91 Å². The number of hydrogen-bond donors (Lipinski definition) is 2. The van der Waals surface area contributed by atoms with Crippen molar-refractivity contribution in [3.8, 4) is 0 Å². The molecule has 0 heterocycles. The van der Waals surface area contributed by atoms with Crippen molar-refractivity contribution in [3.05, 3.63) is 22.9 Å². The molecule has 2 rings (SSSR count). The van der Waals surface area contributed by atoms with Crippen molar-refractivity contribution in [2.45, 2.75) is 52.4 Å². The largest absolute Gasteiger partial charge is 0.330 e. The summed E-state index contributed by atoms with van der Waals surface area (Å²) in [6.45, 7) is 5.17. The van der Waals surface area contributed by atoms with Crippen molar-refractivity contribution in [1.82, 2.24) is 5.32 Å². The highest BCUT2D eigenvalue weighted by Gasteiger charge is 2.31. The number of amides is 1. The average Bonchev–Trinajstić information content (AvgIpc) is 2.71. The van der Waals surface area contributed by atoms with E-state index in [1.54, 1.807) is 5.57 Å². The maximum Gasteiger partial charge on any atom is 0.224 e. The summed E-state index contributed by atoms with van der Waals surface area (Å²) in [5, 5.41) is 3.08. The highest BCUT2D eigenvalue weighted by Crippen LogP contribution is 2.44. The van der Waals surface area contributed by atoms with Crippen molar-refractivity contribution in [1.29, 1.82) is 0 Å². The topological polar surface area (TPSA) is 55.1 Å². The maximum atomic E-state index is 11.8. The van der Waals surface area contributed by atoms with Crippen LogP contribution in [0.2, 0.25) is 0 Å². The second kappa shape index (κ2) is 6.38. The third-order valence-electron chi connectivity index (χ3n) is 4.39. The number of allylic oxidation sites excluding steroid dienone is 4. The fraction of sp³-hybridized carbons (Fsp3) is 0.688. The van der Waals surface area contributed by atoms with Gasteiger partial charge in [-0.2, -0.15) is 0 Å². The molecule has 1 amide bonds. The van der Waals surface area contributed by atoms with E-state index in [1.165, 1.54) is 18.4 Å². The van der Waals surface area contributed by atoms with Gasteiger partial charge >= 0.3 is 0 Å². The van der Waals surface area contributed by atoms with Gasteiger partial charge in [0.25, 0.3) is 0 Å². The molecule has 3 heteroatoms. The van der Waals surface area contributed by atoms with Crippen molar-refractivity contribution >= 4 is 5.91 Å². The first kappa shape index (κ1) is 14.3. The molecule has 0 aliphatic heterocycles. The first-order valence-corrected chi connectivity index (χ1v) is 7.53. The molecule has 0 aromatic heterocycles. The van der Waals surface area contributed by atoms with Crippen LogP contribution in [0.15, 0.2) is 22.9 Å². The Hall–Kier alpha value is -1.09. The Kier molecular flexibility index (Phi) is 4.81. The van der Waals surface area contributed by atoms with Crippen LogP contribution in [0.5, 0.6) is 0 Å². The van der Waals surface area contributed by atoms with Gasteiger partial charge in [-0.3, -0.25) is 4.79 Å². The molecular weight excluding hydrogens is 236 g/mol. The molecule has 2 aliphatic carbocycles. The number of unbranched alkanes of at least 4 members (excludes halogenated alkanes) is 1. The van der Waals surface area contributed by atoms with Gasteiger partial charge in [0.1, 0.15) is 0 Å². The number of carbonyl (C=O) groups excluding carboxylic acids is 1. The molecule has 0 aromatic rings. The van der Waals surface area contributed by atoms with Crippen LogP contribution in [-0.4, -0.2) is 12.5 Å². The van der Waals surface area contributed by atoms with Crippen LogP contribution < -0.4 is 11.1 Å². The average molecular weight is 262 g/mol. The van der Waals surface area contributed by atoms with Gasteiger partial charge in [-0.25, -0.2) is 0 Å². The van der Waals surface area contributed by atoms with Gasteiger partial charge in [0.05, 0.1) is 0 Å². The normalized spacial score (nSPS) is 26.2. The SMILES string of the molecule is CC1=C2C(C)CCC2CC(NC(=O)CCCCN)=C1. The van der Waals surface area contributed by atoms with Gasteiger partial charge in [0, 0.05) is 12.1 Å². The molecule has 3 nitrogen and oxygen atoms in total. The molecule has 106 valence electrons. The molecule has 0 bridgehead atoms. The highest BCUT2D eigenvalue weighted by atomic mass is 16.1. The van der Waals surface area contributed by atoms with E-state index in [0.29, 0.717) is 18.9 Å². The Morgan fingerprint density at radius 3 is 2.95 bits per heavy atom. The lowest BCUT2D eigenvalue weighted by Crippen LogP contribution is -2.26. The van der Waals surface area contributed by atoms with E-state index in [4.69, 9.17) is 5.73 Å². The zero-order chi connectivity index (χ0) is 13.8. The lowest BCUT2D eigenvalue weighted by molar-refractivity contribution is -0.120. The van der Waals surface area contributed by atoms with Gasteiger partial charge in [-0.15, -0.1) is 0 Å². The van der Waals surface area contributed by atoms with Gasteiger partial charge in [0.2, 0.25) is 5.91 Å². The highest BCUT2D eigenvalue weighted by molar-refractivity contribution is 5.78. The first-order chi connectivity index (χ1) is 9.11. The van der Waals surface area contributed by atoms with Crippen LogP contribution in [0.3, 0.4) is 0 Å². The van der Waals surface area contributed by atoms with Gasteiger partial charge in [0.15, 0.2) is 0 Å². The predicted octanol–water partition coefficient (Wildman–Crippen LogP) is 2.88. The summed E-state index contributed by atoms with van der Waals surface area (Å²) in [4.78, 5) is 11.8. The summed E-state index contributed by atoms with van der Waals surface area (Å²) in [5.41, 5.74) is 9.55. The predicted molar refractivity (Wildman–Crippen MR) is 78.3 cm³/mol. The number of fused-ring (bicyclic) bond motifs is 1. The summed E-state index contributed by atoms with van der Waals surface area (Å²) in [6.07, 6.45) is 8.16. The Balaban J connectivity index is 1.92. The molecule has 19 heavy (non-hydrogen) atoms. The number of nitrogens with two attached hydrogens (primary N) is 1. The summed E-state index contributed by atoms with van der Waals surface area (Å²) < 4.78 is 0. The van der Waals surface area contributed by atoms with Crippen molar-refractivity contribution in [2.75, 3.05) is 6.54 Å². The Morgan fingerprint density at radius 1 is 1.42 bits per heavy atom. The fourth-order valence-electron chi connectivity index (χ4n) is 3.51. The monoisotopic (exact) mass is 262 g/mol. The van der Waals surface area contributed by atoms with Crippen LogP contribution in [0, 0.1) is 11.8 Å². The number of hydrogen-bond acceptors (Lipinski definition) is 2. The molecule has 1 fully saturated rings. The third kappa shape index (κ3) is 3.47. The lowest BCUT2D eigenvalue weighted by Gasteiger charge is -2.24. The minimum atomic E-state index is 0.141. The number of carbonyl (C=O) groups is 1. The van der Waals surface area contributed by atoms with E-state index < -0.39 is 0 Å². The van der Waals surface area contributed by atoms with Gasteiger partial charge < -0.3 is 11.1 Å². The quantitative estimate of drug-likeness (QED) is 0.749. The second-order valence-electron chi connectivity index (χ2n) is 5.98. The molecule has 2 atom stereocenters. The molecule has 0 radical (unpaired) electrons. The summed E-state index contributed by atoms with van der Waals surface area (Å²) in [6, 6.07) is 0. The standard InChI is InChI=1S/C16H26N2O/c1-11-6-7-13-10-14(9-12(2)16(11)13)18-15(19)5-3-4-8-17/h9,11,13H,3-8,10,17H2,1-2H3,(H,18,19). The molecule has 3 N–H and O–H groups in total. The molecule has 2 unspecified atom stereocenters. The summed E-state index contributed by atoms with van der Waals surface area (Å²) >= 11 is 0. The number of rotatable bonds is 5. The van der Waals surface area contributed by atoms with Gasteiger partial charge in [-0.1, -0.05) is 12.5 Å². The smallest absolute Gasteiger partial charge is 0.224 e. The van der Waals surface area contributed by atoms with E-state index in [9.17, 15) is 4.79 Å². The minimum Gasteiger partial charge on any atom is -0.330 e. The summed E-state index contributed by atoms with van der Waals surface area (Å²) in [7, 11) is 0. The van der Waals surface area contributed by atoms with E-state index >= 15 is 0 Å². The van der Waals surface area contributed by atoms with Crippen molar-refractivity contribution < 1.29 is 4.79 Å². The second-order valence-corrected chi connectivity index (χ2v) is 5.98. The molecule has 2 aliphatic rings. The zero-order valence-electron chi connectivity index (χ0n) is 12.2. The molecule has 0 spiro atoms. The molecule has 0 saturated heterocycles. The fourth-order valence-corrected chi connectivity index (χ4v) is 3.51. The first-order valence-electron chi connectivity index (χ1n) is 7.53. The van der Waals surface area contributed by atoms with Gasteiger partial charge in [-0.05, 0) is 69.1 Å². The summed E-state index contributed by atoms with van der Waals surface area (Å²) in [5.74, 6) is 1.53. The van der Waals surface area contributed by atoms with Crippen LogP contribution in [0.1, 0.15) is 52.4 Å². The van der Waals surface area contributed by atoms with Crippen LogP contribution in [0.4, 0.5) is 0 Å². The minimum absolute atomic E-state index is 0.141. The molecule has 1 saturated carbocycles. The van der Waals surface area contributed by atoms with Crippen LogP contribution in [-0.2, 0) is 4.79 Å².